The van der Waals surface area contributed by atoms with Crippen LogP contribution < -0.4 is 4.74 Å². The van der Waals surface area contributed by atoms with Crippen molar-refractivity contribution in [1.82, 2.24) is 4.90 Å². The summed E-state index contributed by atoms with van der Waals surface area (Å²) in [5.41, 5.74) is 6.60. The maximum Gasteiger partial charge on any atom is 0.254 e. The van der Waals surface area contributed by atoms with E-state index < -0.39 is 6.10 Å². The zero-order valence-electron chi connectivity index (χ0n) is 18.3. The Morgan fingerprint density at radius 3 is 2.60 bits per heavy atom. The van der Waals surface area contributed by atoms with E-state index in [0.717, 1.165) is 23.3 Å². The fourth-order valence-corrected chi connectivity index (χ4v) is 4.47. The Morgan fingerprint density at radius 2 is 1.93 bits per heavy atom. The van der Waals surface area contributed by atoms with E-state index in [0.29, 0.717) is 26.2 Å². The molecular weight excluding hydrogens is 378 g/mol. The highest BCUT2D eigenvalue weighted by atomic mass is 16.5. The summed E-state index contributed by atoms with van der Waals surface area (Å²) >= 11 is 0. The van der Waals surface area contributed by atoms with Crippen LogP contribution in [0.25, 0.3) is 0 Å². The van der Waals surface area contributed by atoms with E-state index in [1.165, 1.54) is 22.3 Å². The van der Waals surface area contributed by atoms with E-state index in [4.69, 9.17) is 9.47 Å². The minimum atomic E-state index is -0.524. The quantitative estimate of drug-likeness (QED) is 0.816. The summed E-state index contributed by atoms with van der Waals surface area (Å²) < 4.78 is 11.3. The van der Waals surface area contributed by atoms with Gasteiger partial charge in [-0.05, 0) is 86.6 Å². The highest BCUT2D eigenvalue weighted by molar-refractivity contribution is 5.99. The van der Waals surface area contributed by atoms with Crippen LogP contribution in [0.4, 0.5) is 0 Å². The normalized spacial score (nSPS) is 21.3. The maximum atomic E-state index is 13.2. The molecule has 2 aromatic rings. The van der Waals surface area contributed by atoms with Crippen molar-refractivity contribution in [2.45, 2.75) is 65.3 Å². The first-order valence-corrected chi connectivity index (χ1v) is 10.8. The number of nitrogens with zero attached hydrogens (tertiary/aromatic N) is 1. The van der Waals surface area contributed by atoms with Crippen LogP contribution in [0, 0.1) is 13.8 Å². The predicted molar refractivity (Wildman–Crippen MR) is 116 cm³/mol. The van der Waals surface area contributed by atoms with Gasteiger partial charge in [-0.2, -0.15) is 0 Å². The van der Waals surface area contributed by atoms with E-state index in [-0.39, 0.29) is 18.1 Å². The van der Waals surface area contributed by atoms with Gasteiger partial charge in [0.25, 0.3) is 5.91 Å². The molecule has 0 unspecified atom stereocenters. The molecule has 5 heteroatoms. The molecular formula is C25H31NO4. The number of amides is 1. The van der Waals surface area contributed by atoms with Crippen molar-refractivity contribution in [2.75, 3.05) is 13.2 Å². The van der Waals surface area contributed by atoms with Crippen LogP contribution in [0.15, 0.2) is 30.3 Å². The van der Waals surface area contributed by atoms with Gasteiger partial charge in [-0.25, -0.2) is 0 Å². The van der Waals surface area contributed by atoms with Crippen LogP contribution in [-0.4, -0.2) is 47.4 Å². The van der Waals surface area contributed by atoms with E-state index >= 15 is 0 Å². The first-order chi connectivity index (χ1) is 14.3. The molecule has 0 radical (unpaired) electrons. The zero-order chi connectivity index (χ0) is 21.4. The van der Waals surface area contributed by atoms with Gasteiger partial charge >= 0.3 is 0 Å². The first kappa shape index (κ1) is 20.9. The average molecular weight is 410 g/mol. The molecule has 0 bridgehead atoms. The summed E-state index contributed by atoms with van der Waals surface area (Å²) in [5.74, 6) is 0.874. The predicted octanol–water partition coefficient (Wildman–Crippen LogP) is 3.79. The van der Waals surface area contributed by atoms with Crippen LogP contribution >= 0.6 is 0 Å². The monoisotopic (exact) mass is 409 g/mol. The van der Waals surface area contributed by atoms with Gasteiger partial charge in [0.05, 0.1) is 24.9 Å². The lowest BCUT2D eigenvalue weighted by molar-refractivity contribution is -0.0528. The molecule has 5 nitrogen and oxygen atoms in total. The number of hydrogen-bond acceptors (Lipinski definition) is 4. The fraction of sp³-hybridized carbons (Fsp3) is 0.480. The maximum absolute atomic E-state index is 13.2. The molecule has 2 aliphatic rings. The van der Waals surface area contributed by atoms with Gasteiger partial charge in [0.2, 0.25) is 0 Å². The smallest absolute Gasteiger partial charge is 0.254 e. The van der Waals surface area contributed by atoms with Crippen molar-refractivity contribution in [3.05, 3.63) is 63.7 Å². The van der Waals surface area contributed by atoms with Gasteiger partial charge in [-0.15, -0.1) is 0 Å². The van der Waals surface area contributed by atoms with Crippen LogP contribution in [0.1, 0.15) is 58.4 Å². The van der Waals surface area contributed by atoms with E-state index in [1.807, 2.05) is 26.0 Å². The molecule has 0 aromatic heterocycles. The lowest BCUT2D eigenvalue weighted by atomic mass is 9.91. The van der Waals surface area contributed by atoms with E-state index in [2.05, 4.69) is 32.0 Å². The summed E-state index contributed by atoms with van der Waals surface area (Å²) in [5, 5.41) is 10.4. The average Bonchev–Trinajstić information content (AvgIpc) is 3.04. The van der Waals surface area contributed by atoms with Gasteiger partial charge in [0.15, 0.2) is 0 Å². The Morgan fingerprint density at radius 1 is 1.20 bits per heavy atom. The van der Waals surface area contributed by atoms with Crippen molar-refractivity contribution < 1.29 is 19.4 Å². The third-order valence-electron chi connectivity index (χ3n) is 6.34. The number of hydrogen-bond donors (Lipinski definition) is 1. The van der Waals surface area contributed by atoms with Crippen molar-refractivity contribution in [3.8, 4) is 5.75 Å². The summed E-state index contributed by atoms with van der Waals surface area (Å²) in [6, 6.07) is 9.96. The Hall–Kier alpha value is -2.37. The van der Waals surface area contributed by atoms with Gasteiger partial charge in [0, 0.05) is 18.7 Å². The molecule has 1 N–H and O–H groups in total. The Bertz CT molecular complexity index is 935. The molecule has 30 heavy (non-hydrogen) atoms. The number of rotatable bonds is 5. The van der Waals surface area contributed by atoms with Gasteiger partial charge in [-0.3, -0.25) is 4.79 Å². The third kappa shape index (κ3) is 3.96. The number of carbonyl (C=O) groups is 1. The third-order valence-corrected chi connectivity index (χ3v) is 6.34. The number of ether oxygens (including phenoxy) is 2. The van der Waals surface area contributed by atoms with Crippen molar-refractivity contribution in [1.29, 1.82) is 0 Å². The number of aliphatic hydroxyl groups is 1. The van der Waals surface area contributed by atoms with Crippen LogP contribution in [0.3, 0.4) is 0 Å². The topological polar surface area (TPSA) is 59.0 Å². The van der Waals surface area contributed by atoms with E-state index in [1.54, 1.807) is 4.90 Å². The van der Waals surface area contributed by atoms with Crippen LogP contribution in [-0.2, 0) is 17.7 Å². The molecule has 1 fully saturated rings. The van der Waals surface area contributed by atoms with Crippen molar-refractivity contribution >= 4 is 5.91 Å². The van der Waals surface area contributed by atoms with Gasteiger partial charge < -0.3 is 19.5 Å². The Balaban J connectivity index is 1.58. The molecule has 2 atom stereocenters. The summed E-state index contributed by atoms with van der Waals surface area (Å²) in [6.07, 6.45) is 0.971. The number of aliphatic hydroxyl groups excluding tert-OH is 1. The highest BCUT2D eigenvalue weighted by Gasteiger charge is 2.39. The van der Waals surface area contributed by atoms with Gasteiger partial charge in [-0.1, -0.05) is 12.1 Å². The molecule has 1 saturated heterocycles. The SMILES string of the molecule is Cc1c(Cc2ccc(OC(C)C)cc2)cc2c(c1C)CN([C@H]1COCC[C@@H]1O)C2=O. The molecule has 0 spiro atoms. The summed E-state index contributed by atoms with van der Waals surface area (Å²) in [7, 11) is 0. The minimum absolute atomic E-state index is 0.00424. The molecule has 1 amide bonds. The van der Waals surface area contributed by atoms with Crippen LogP contribution in [0.2, 0.25) is 0 Å². The Kier molecular flexibility index (Phi) is 5.85. The lowest BCUT2D eigenvalue weighted by Gasteiger charge is -2.34. The van der Waals surface area contributed by atoms with Crippen molar-refractivity contribution in [3.63, 3.8) is 0 Å². The molecule has 2 aromatic carbocycles. The number of carbonyl (C=O) groups excluding carboxylic acids is 1. The van der Waals surface area contributed by atoms with Gasteiger partial charge in [0.1, 0.15) is 5.75 Å². The second-order valence-electron chi connectivity index (χ2n) is 8.73. The summed E-state index contributed by atoms with van der Waals surface area (Å²) in [6.45, 7) is 9.77. The highest BCUT2D eigenvalue weighted by Crippen LogP contribution is 2.33. The molecule has 0 aliphatic carbocycles. The molecule has 160 valence electrons. The lowest BCUT2D eigenvalue weighted by Crippen LogP contribution is -2.49. The Labute approximate surface area is 178 Å². The largest absolute Gasteiger partial charge is 0.491 e. The standard InChI is InChI=1S/C25H31NO4/c1-15(2)30-20-7-5-18(6-8-20)11-19-12-21-22(17(4)16(19)3)13-26(25(21)28)23-14-29-10-9-24(23)27/h5-8,12,15,23-24,27H,9-11,13-14H2,1-4H3/t23-,24-/m0/s1. The van der Waals surface area contributed by atoms with E-state index in [9.17, 15) is 9.90 Å². The number of benzene rings is 2. The van der Waals surface area contributed by atoms with Crippen molar-refractivity contribution in [2.24, 2.45) is 0 Å². The molecule has 4 rings (SSSR count). The second kappa shape index (κ2) is 8.40. The summed E-state index contributed by atoms with van der Waals surface area (Å²) in [4.78, 5) is 15.0. The minimum Gasteiger partial charge on any atom is -0.491 e. The molecule has 2 heterocycles. The number of fused-ring (bicyclic) bond motifs is 1. The van der Waals surface area contributed by atoms with Crippen LogP contribution in [0.5, 0.6) is 5.75 Å². The molecule has 0 saturated carbocycles. The second-order valence-corrected chi connectivity index (χ2v) is 8.73. The fourth-order valence-electron chi connectivity index (χ4n) is 4.47. The first-order valence-electron chi connectivity index (χ1n) is 10.8. The molecule has 2 aliphatic heterocycles. The zero-order valence-corrected chi connectivity index (χ0v) is 18.3.